The molecule has 3 rings (SSSR count). The number of fused-ring (bicyclic) bond motifs is 1. The summed E-state index contributed by atoms with van der Waals surface area (Å²) in [5.74, 6) is 0.302. The molecule has 2 aromatic rings. The van der Waals surface area contributed by atoms with E-state index in [0.717, 1.165) is 22.1 Å². The summed E-state index contributed by atoms with van der Waals surface area (Å²) in [5, 5.41) is 7.39. The zero-order valence-electron chi connectivity index (χ0n) is 13.7. The van der Waals surface area contributed by atoms with Crippen molar-refractivity contribution >= 4 is 22.8 Å². The number of methoxy groups -OCH3 is 2. The molecule has 0 unspecified atom stereocenters. The fraction of sp³-hybridized carbons (Fsp3) is 0.222. The fourth-order valence-electron chi connectivity index (χ4n) is 2.87. The minimum atomic E-state index is -0.558. The summed E-state index contributed by atoms with van der Waals surface area (Å²) in [4.78, 5) is 24.0. The minimum absolute atomic E-state index is 0.347. The third-order valence-electron chi connectivity index (χ3n) is 4.08. The second-order valence-corrected chi connectivity index (χ2v) is 5.53. The summed E-state index contributed by atoms with van der Waals surface area (Å²) in [6, 6.07) is 10.6. The summed E-state index contributed by atoms with van der Waals surface area (Å²) in [6.07, 6.45) is 0. The van der Waals surface area contributed by atoms with Crippen molar-refractivity contribution in [3.63, 3.8) is 0 Å². The predicted octanol–water partition coefficient (Wildman–Crippen LogP) is 2.65. The largest absolute Gasteiger partial charge is 0.497 e. The maximum atomic E-state index is 12.1. The number of ether oxygens (including phenoxy) is 2. The summed E-state index contributed by atoms with van der Waals surface area (Å²) in [6.45, 7) is 1.68. The van der Waals surface area contributed by atoms with E-state index in [1.165, 1.54) is 7.11 Å². The Morgan fingerprint density at radius 2 is 1.79 bits per heavy atom. The van der Waals surface area contributed by atoms with E-state index in [-0.39, 0.29) is 6.03 Å². The van der Waals surface area contributed by atoms with Crippen molar-refractivity contribution in [1.29, 1.82) is 0 Å². The van der Waals surface area contributed by atoms with Gasteiger partial charge in [-0.05, 0) is 41.5 Å². The van der Waals surface area contributed by atoms with Gasteiger partial charge in [-0.3, -0.25) is 0 Å². The lowest BCUT2D eigenvalue weighted by Gasteiger charge is -2.28. The van der Waals surface area contributed by atoms with Gasteiger partial charge < -0.3 is 20.1 Å². The molecule has 2 aromatic carbocycles. The molecule has 0 saturated carbocycles. The highest BCUT2D eigenvalue weighted by atomic mass is 16.5. The highest BCUT2D eigenvalue weighted by Gasteiger charge is 2.31. The molecular formula is C18H18N2O4. The van der Waals surface area contributed by atoms with Crippen molar-refractivity contribution in [2.24, 2.45) is 0 Å². The number of benzene rings is 2. The third-order valence-corrected chi connectivity index (χ3v) is 4.08. The molecule has 2 amide bonds. The summed E-state index contributed by atoms with van der Waals surface area (Å²) in [7, 11) is 2.94. The number of carbonyl (C=O) groups is 2. The van der Waals surface area contributed by atoms with E-state index < -0.39 is 12.0 Å². The van der Waals surface area contributed by atoms with Gasteiger partial charge in [-0.15, -0.1) is 0 Å². The van der Waals surface area contributed by atoms with Gasteiger partial charge in [0.1, 0.15) is 5.75 Å². The van der Waals surface area contributed by atoms with Crippen LogP contribution in [0.15, 0.2) is 47.7 Å². The number of nitrogens with one attached hydrogen (secondary N) is 2. The second-order valence-electron chi connectivity index (χ2n) is 5.53. The number of hydrogen-bond donors (Lipinski definition) is 2. The van der Waals surface area contributed by atoms with Crippen LogP contribution < -0.4 is 15.4 Å². The van der Waals surface area contributed by atoms with E-state index in [9.17, 15) is 9.59 Å². The molecule has 0 bridgehead atoms. The summed E-state index contributed by atoms with van der Waals surface area (Å²) in [5.41, 5.74) is 1.69. The molecule has 0 aromatic heterocycles. The quantitative estimate of drug-likeness (QED) is 0.850. The lowest BCUT2D eigenvalue weighted by molar-refractivity contribution is -0.136. The highest BCUT2D eigenvalue weighted by Crippen LogP contribution is 2.30. The Morgan fingerprint density at radius 3 is 2.50 bits per heavy atom. The number of rotatable bonds is 3. The molecule has 6 nitrogen and oxygen atoms in total. The van der Waals surface area contributed by atoms with Crippen molar-refractivity contribution in [2.75, 3.05) is 14.2 Å². The first kappa shape index (κ1) is 15.9. The number of hydrogen-bond acceptors (Lipinski definition) is 4. The van der Waals surface area contributed by atoms with Crippen LogP contribution in [0.3, 0.4) is 0 Å². The number of esters is 1. The first-order valence-electron chi connectivity index (χ1n) is 7.48. The maximum absolute atomic E-state index is 12.1. The van der Waals surface area contributed by atoms with Gasteiger partial charge in [-0.1, -0.05) is 18.2 Å². The summed E-state index contributed by atoms with van der Waals surface area (Å²) >= 11 is 0. The first-order chi connectivity index (χ1) is 11.5. The van der Waals surface area contributed by atoms with Gasteiger partial charge in [0, 0.05) is 5.70 Å². The molecule has 2 N–H and O–H groups in total. The molecular weight excluding hydrogens is 308 g/mol. The molecule has 0 saturated heterocycles. The lowest BCUT2D eigenvalue weighted by Crippen LogP contribution is -2.45. The molecule has 0 aliphatic carbocycles. The van der Waals surface area contributed by atoms with Crippen molar-refractivity contribution < 1.29 is 19.1 Å². The van der Waals surface area contributed by atoms with Gasteiger partial charge in [0.25, 0.3) is 0 Å². The number of amides is 2. The van der Waals surface area contributed by atoms with Gasteiger partial charge in [0.2, 0.25) is 0 Å². The Kier molecular flexibility index (Phi) is 4.12. The Balaban J connectivity index is 2.08. The standard InChI is InChI=1S/C18H18N2O4/c1-10-15(17(21)24-3)16(20-18(22)19-10)13-5-4-12-9-14(23-2)7-6-11(12)8-13/h4-9,16H,1-3H3,(H2,19,20,22)/t16-/m1/s1. The number of allylic oxidation sites excluding steroid dienone is 1. The zero-order valence-corrected chi connectivity index (χ0v) is 13.7. The topological polar surface area (TPSA) is 76.7 Å². The Bertz CT molecular complexity index is 857. The molecule has 124 valence electrons. The number of urea groups is 1. The van der Waals surface area contributed by atoms with Gasteiger partial charge >= 0.3 is 12.0 Å². The molecule has 6 heteroatoms. The Morgan fingerprint density at radius 1 is 1.08 bits per heavy atom. The van der Waals surface area contributed by atoms with Crippen LogP contribution in [0.1, 0.15) is 18.5 Å². The van der Waals surface area contributed by atoms with Crippen LogP contribution in [0.5, 0.6) is 5.75 Å². The number of carbonyl (C=O) groups excluding carboxylic acids is 2. The normalized spacial score (nSPS) is 17.3. The smallest absolute Gasteiger partial charge is 0.337 e. The molecule has 0 radical (unpaired) electrons. The van der Waals surface area contributed by atoms with E-state index in [4.69, 9.17) is 9.47 Å². The fourth-order valence-corrected chi connectivity index (χ4v) is 2.87. The molecule has 0 fully saturated rings. The van der Waals surface area contributed by atoms with E-state index in [0.29, 0.717) is 11.3 Å². The van der Waals surface area contributed by atoms with Crippen LogP contribution in [0.25, 0.3) is 10.8 Å². The molecule has 1 aliphatic rings. The van der Waals surface area contributed by atoms with Gasteiger partial charge in [-0.25, -0.2) is 9.59 Å². The van der Waals surface area contributed by atoms with Crippen molar-refractivity contribution in [3.05, 3.63) is 53.2 Å². The van der Waals surface area contributed by atoms with Crippen LogP contribution in [0, 0.1) is 0 Å². The molecule has 1 aliphatic heterocycles. The van der Waals surface area contributed by atoms with Gasteiger partial charge in [0.15, 0.2) is 0 Å². The van der Waals surface area contributed by atoms with E-state index in [1.54, 1.807) is 14.0 Å². The van der Waals surface area contributed by atoms with Crippen LogP contribution in [0.2, 0.25) is 0 Å². The second kappa shape index (κ2) is 6.23. The molecule has 1 atom stereocenters. The third kappa shape index (κ3) is 2.78. The van der Waals surface area contributed by atoms with Crippen molar-refractivity contribution in [3.8, 4) is 5.75 Å². The average Bonchev–Trinajstić information content (AvgIpc) is 2.59. The lowest BCUT2D eigenvalue weighted by atomic mass is 9.93. The van der Waals surface area contributed by atoms with Gasteiger partial charge in [0.05, 0.1) is 25.8 Å². The SMILES string of the molecule is COC(=O)C1=C(C)NC(=O)N[C@@H]1c1ccc2cc(OC)ccc2c1. The Labute approximate surface area is 139 Å². The van der Waals surface area contributed by atoms with E-state index in [2.05, 4.69) is 10.6 Å². The highest BCUT2D eigenvalue weighted by molar-refractivity contribution is 5.95. The molecule has 24 heavy (non-hydrogen) atoms. The molecule has 0 spiro atoms. The minimum Gasteiger partial charge on any atom is -0.497 e. The van der Waals surface area contributed by atoms with Crippen molar-refractivity contribution in [2.45, 2.75) is 13.0 Å². The molecule has 1 heterocycles. The average molecular weight is 326 g/mol. The zero-order chi connectivity index (χ0) is 17.3. The maximum Gasteiger partial charge on any atom is 0.337 e. The van der Waals surface area contributed by atoms with Crippen LogP contribution in [-0.2, 0) is 9.53 Å². The summed E-state index contributed by atoms with van der Waals surface area (Å²) < 4.78 is 10.1. The van der Waals surface area contributed by atoms with E-state index >= 15 is 0 Å². The predicted molar refractivity (Wildman–Crippen MR) is 89.6 cm³/mol. The van der Waals surface area contributed by atoms with Gasteiger partial charge in [-0.2, -0.15) is 0 Å². The van der Waals surface area contributed by atoms with Crippen molar-refractivity contribution in [1.82, 2.24) is 10.6 Å². The van der Waals surface area contributed by atoms with Crippen LogP contribution >= 0.6 is 0 Å². The van der Waals surface area contributed by atoms with Crippen LogP contribution in [-0.4, -0.2) is 26.2 Å². The van der Waals surface area contributed by atoms with E-state index in [1.807, 2.05) is 36.4 Å². The van der Waals surface area contributed by atoms with Crippen LogP contribution in [0.4, 0.5) is 4.79 Å². The monoisotopic (exact) mass is 326 g/mol. The first-order valence-corrected chi connectivity index (χ1v) is 7.48. The Hall–Kier alpha value is -3.02.